The monoisotopic (exact) mass is 495 g/mol. The van der Waals surface area contributed by atoms with Gasteiger partial charge in [0.25, 0.3) is 0 Å². The highest BCUT2D eigenvalue weighted by Gasteiger charge is 2.42. The van der Waals surface area contributed by atoms with Gasteiger partial charge < -0.3 is 15.0 Å². The van der Waals surface area contributed by atoms with Crippen LogP contribution < -0.4 is 5.32 Å². The minimum absolute atomic E-state index is 0.0470. The lowest BCUT2D eigenvalue weighted by Crippen LogP contribution is -2.38. The zero-order valence-electron chi connectivity index (χ0n) is 19.9. The first-order valence-corrected chi connectivity index (χ1v) is 13.1. The lowest BCUT2D eigenvalue weighted by Gasteiger charge is -2.37. The number of nitrogens with zero attached hydrogens (tertiary/aromatic N) is 2. The second-order valence-corrected chi connectivity index (χ2v) is 10.2. The van der Waals surface area contributed by atoms with Gasteiger partial charge in [-0.05, 0) is 54.7 Å². The van der Waals surface area contributed by atoms with E-state index in [1.807, 2.05) is 42.5 Å². The SMILES string of the molecule is CCC1=C(C(=O)OC)C(c2cc(C)ccc2C)N2C(CC(=O)NCCc3cccs3)=CSC2=N1. The number of nitrogens with one attached hydrogen (secondary N) is 1. The van der Waals surface area contributed by atoms with Gasteiger partial charge in [-0.25, -0.2) is 9.79 Å². The van der Waals surface area contributed by atoms with Crippen molar-refractivity contribution in [1.29, 1.82) is 0 Å². The number of esters is 1. The van der Waals surface area contributed by atoms with Crippen LogP contribution in [0.25, 0.3) is 0 Å². The van der Waals surface area contributed by atoms with Crippen LogP contribution in [0.2, 0.25) is 0 Å². The number of allylic oxidation sites excluding steroid dienone is 1. The van der Waals surface area contributed by atoms with Crippen molar-refractivity contribution >= 4 is 40.1 Å². The van der Waals surface area contributed by atoms with E-state index in [0.29, 0.717) is 18.5 Å². The third-order valence-corrected chi connectivity index (χ3v) is 7.80. The molecule has 0 radical (unpaired) electrons. The molecule has 3 heterocycles. The van der Waals surface area contributed by atoms with E-state index in [9.17, 15) is 9.59 Å². The number of benzene rings is 1. The molecule has 0 bridgehead atoms. The molecule has 0 saturated carbocycles. The van der Waals surface area contributed by atoms with Crippen LogP contribution in [0.5, 0.6) is 0 Å². The molecule has 1 aromatic carbocycles. The van der Waals surface area contributed by atoms with Crippen molar-refractivity contribution in [2.45, 2.75) is 46.1 Å². The van der Waals surface area contributed by atoms with Gasteiger partial charge in [-0.15, -0.1) is 11.3 Å². The van der Waals surface area contributed by atoms with Gasteiger partial charge in [0.05, 0.1) is 30.8 Å². The molecule has 2 aromatic rings. The zero-order valence-corrected chi connectivity index (χ0v) is 21.5. The molecule has 34 heavy (non-hydrogen) atoms. The number of thioether (sulfide) groups is 1. The quantitative estimate of drug-likeness (QED) is 0.507. The van der Waals surface area contributed by atoms with E-state index in [1.54, 1.807) is 11.3 Å². The number of amidine groups is 1. The van der Waals surface area contributed by atoms with Crippen molar-refractivity contribution in [3.63, 3.8) is 0 Å². The van der Waals surface area contributed by atoms with E-state index in [-0.39, 0.29) is 18.3 Å². The first-order chi connectivity index (χ1) is 16.4. The summed E-state index contributed by atoms with van der Waals surface area (Å²) < 4.78 is 5.20. The number of hydrogen-bond acceptors (Lipinski definition) is 7. The number of carbonyl (C=O) groups is 2. The Balaban J connectivity index is 1.63. The number of aliphatic imine (C=N–C) groups is 1. The van der Waals surface area contributed by atoms with Crippen LogP contribution in [0.4, 0.5) is 0 Å². The first kappa shape index (κ1) is 24.3. The Kier molecular flexibility index (Phi) is 7.58. The minimum Gasteiger partial charge on any atom is -0.466 e. The molecular weight excluding hydrogens is 466 g/mol. The maximum atomic E-state index is 13.0. The number of ether oxygens (including phenoxy) is 1. The second-order valence-electron chi connectivity index (χ2n) is 8.32. The number of hydrogen-bond donors (Lipinski definition) is 1. The third kappa shape index (κ3) is 4.98. The number of thiophene rings is 1. The molecule has 178 valence electrons. The summed E-state index contributed by atoms with van der Waals surface area (Å²) >= 11 is 3.19. The third-order valence-electron chi connectivity index (χ3n) is 5.97. The Hall–Kier alpha value is -2.84. The maximum absolute atomic E-state index is 13.0. The Labute approximate surface area is 208 Å². The summed E-state index contributed by atoms with van der Waals surface area (Å²) in [7, 11) is 1.40. The van der Waals surface area contributed by atoms with Crippen LogP contribution in [0.15, 0.2) is 63.1 Å². The fourth-order valence-electron chi connectivity index (χ4n) is 4.27. The highest BCUT2D eigenvalue weighted by molar-refractivity contribution is 8.16. The van der Waals surface area contributed by atoms with Crippen LogP contribution in [-0.2, 0) is 20.7 Å². The Bertz CT molecular complexity index is 1180. The summed E-state index contributed by atoms with van der Waals surface area (Å²) in [6, 6.07) is 9.94. The van der Waals surface area contributed by atoms with Gasteiger partial charge in [0, 0.05) is 17.1 Å². The second kappa shape index (κ2) is 10.6. The molecule has 0 aliphatic carbocycles. The van der Waals surface area contributed by atoms with Crippen molar-refractivity contribution in [3.8, 4) is 0 Å². The molecular formula is C26H29N3O3S2. The van der Waals surface area contributed by atoms with Gasteiger partial charge in [-0.3, -0.25) is 4.79 Å². The number of carbonyl (C=O) groups excluding carboxylic acids is 2. The first-order valence-electron chi connectivity index (χ1n) is 11.3. The van der Waals surface area contributed by atoms with Gasteiger partial charge in [-0.1, -0.05) is 48.5 Å². The standard InChI is InChI=1S/C26H29N3O3S2/c1-5-21-23(25(31)32-4)24(20-13-16(2)8-9-17(20)3)29-18(15-34-26(29)28-21)14-22(30)27-11-10-19-7-6-12-33-19/h6-9,12-13,15,24H,5,10-11,14H2,1-4H3,(H,27,30). The van der Waals surface area contributed by atoms with E-state index < -0.39 is 6.04 Å². The lowest BCUT2D eigenvalue weighted by molar-refractivity contribution is -0.136. The molecule has 1 amide bonds. The molecule has 1 aromatic heterocycles. The predicted molar refractivity (Wildman–Crippen MR) is 139 cm³/mol. The van der Waals surface area contributed by atoms with Crippen molar-refractivity contribution in [2.75, 3.05) is 13.7 Å². The van der Waals surface area contributed by atoms with E-state index in [0.717, 1.165) is 39.7 Å². The minimum atomic E-state index is -0.394. The van der Waals surface area contributed by atoms with Crippen LogP contribution in [-0.4, -0.2) is 35.6 Å². The van der Waals surface area contributed by atoms with Gasteiger partial charge >= 0.3 is 5.97 Å². The zero-order chi connectivity index (χ0) is 24.2. The van der Waals surface area contributed by atoms with Crippen molar-refractivity contribution in [3.05, 3.63) is 79.7 Å². The predicted octanol–water partition coefficient (Wildman–Crippen LogP) is 5.25. The molecule has 1 atom stereocenters. The van der Waals surface area contributed by atoms with Gasteiger partial charge in [-0.2, -0.15) is 0 Å². The number of fused-ring (bicyclic) bond motifs is 1. The summed E-state index contributed by atoms with van der Waals surface area (Å²) in [6.45, 7) is 6.67. The molecule has 1 N–H and O–H groups in total. The van der Waals surface area contributed by atoms with Crippen LogP contribution in [0.1, 0.15) is 47.4 Å². The molecule has 0 saturated heterocycles. The van der Waals surface area contributed by atoms with E-state index >= 15 is 0 Å². The van der Waals surface area contributed by atoms with Crippen LogP contribution in [0.3, 0.4) is 0 Å². The van der Waals surface area contributed by atoms with Crippen molar-refractivity contribution in [2.24, 2.45) is 4.99 Å². The summed E-state index contributed by atoms with van der Waals surface area (Å²) in [5, 5.41) is 7.84. The Morgan fingerprint density at radius 3 is 2.76 bits per heavy atom. The van der Waals surface area contributed by atoms with Crippen LogP contribution in [0, 0.1) is 13.8 Å². The van der Waals surface area contributed by atoms with Crippen molar-refractivity contribution in [1.82, 2.24) is 10.2 Å². The highest BCUT2D eigenvalue weighted by Crippen LogP contribution is 2.46. The smallest absolute Gasteiger partial charge is 0.338 e. The van der Waals surface area contributed by atoms with Crippen LogP contribution >= 0.6 is 23.1 Å². The van der Waals surface area contributed by atoms with Gasteiger partial charge in [0.15, 0.2) is 5.17 Å². The molecule has 2 aliphatic rings. The molecule has 2 aliphatic heterocycles. The van der Waals surface area contributed by atoms with Gasteiger partial charge in [0.1, 0.15) is 0 Å². The summed E-state index contributed by atoms with van der Waals surface area (Å²) in [4.78, 5) is 33.9. The fraction of sp³-hybridized carbons (Fsp3) is 0.346. The molecule has 0 fully saturated rings. The Morgan fingerprint density at radius 2 is 2.06 bits per heavy atom. The number of methoxy groups -OCH3 is 1. The van der Waals surface area contributed by atoms with E-state index in [4.69, 9.17) is 9.73 Å². The summed E-state index contributed by atoms with van der Waals surface area (Å²) in [5.41, 5.74) is 5.30. The molecule has 6 nitrogen and oxygen atoms in total. The number of amides is 1. The average molecular weight is 496 g/mol. The Morgan fingerprint density at radius 1 is 1.24 bits per heavy atom. The normalized spacial score (nSPS) is 17.3. The topological polar surface area (TPSA) is 71.0 Å². The fourth-order valence-corrected chi connectivity index (χ4v) is 5.91. The maximum Gasteiger partial charge on any atom is 0.338 e. The molecule has 8 heteroatoms. The van der Waals surface area contributed by atoms with E-state index in [1.165, 1.54) is 23.7 Å². The largest absolute Gasteiger partial charge is 0.466 e. The van der Waals surface area contributed by atoms with Crippen molar-refractivity contribution < 1.29 is 14.3 Å². The number of aryl methyl sites for hydroxylation is 2. The number of rotatable bonds is 8. The average Bonchev–Trinajstić information content (AvgIpc) is 3.49. The molecule has 0 spiro atoms. The summed E-state index contributed by atoms with van der Waals surface area (Å²) in [6.07, 6.45) is 1.64. The molecule has 4 rings (SSSR count). The van der Waals surface area contributed by atoms with E-state index in [2.05, 4.69) is 29.6 Å². The summed E-state index contributed by atoms with van der Waals surface area (Å²) in [5.74, 6) is -0.434. The van der Waals surface area contributed by atoms with Gasteiger partial charge in [0.2, 0.25) is 5.91 Å². The lowest BCUT2D eigenvalue weighted by atomic mass is 9.89. The molecule has 1 unspecified atom stereocenters. The highest BCUT2D eigenvalue weighted by atomic mass is 32.2.